The second-order valence-electron chi connectivity index (χ2n) is 15.7. The van der Waals surface area contributed by atoms with E-state index >= 15 is 0 Å². The SMILES string of the molecule is CO[C@]1(C)C[C@@H](C)CN(C)[C@H](C2CCN(C(=O)CNCC(C)C)CC2)COC(=O)[C@H](C)C(=O)[C@H](C)[C@H]1O[C@@H]1O[C@H](C)C[C@H](N(C)C)[C@H]1O. The van der Waals surface area contributed by atoms with E-state index < -0.39 is 41.9 Å². The van der Waals surface area contributed by atoms with Gasteiger partial charge in [0.1, 0.15) is 18.6 Å². The van der Waals surface area contributed by atoms with Gasteiger partial charge in [0, 0.05) is 44.7 Å². The van der Waals surface area contributed by atoms with E-state index in [1.165, 1.54) is 0 Å². The van der Waals surface area contributed by atoms with Gasteiger partial charge < -0.3 is 39.2 Å². The summed E-state index contributed by atoms with van der Waals surface area (Å²) in [5.41, 5.74) is -0.935. The first-order valence-electron chi connectivity index (χ1n) is 18.1. The Morgan fingerprint density at radius 1 is 1.15 bits per heavy atom. The number of nitrogens with zero attached hydrogens (tertiary/aromatic N) is 3. The molecule has 0 bridgehead atoms. The number of piperidine rings is 1. The predicted octanol–water partition coefficient (Wildman–Crippen LogP) is 2.41. The molecule has 3 heterocycles. The number of carbonyl (C=O) groups is 3. The van der Waals surface area contributed by atoms with E-state index in [-0.39, 0.29) is 48.3 Å². The van der Waals surface area contributed by atoms with Crippen LogP contribution in [0, 0.1) is 29.6 Å². The van der Waals surface area contributed by atoms with Crippen LogP contribution < -0.4 is 5.32 Å². The van der Waals surface area contributed by atoms with Crippen molar-refractivity contribution in [1.29, 1.82) is 0 Å². The van der Waals surface area contributed by atoms with E-state index in [2.05, 4.69) is 38.0 Å². The Labute approximate surface area is 289 Å². The lowest BCUT2D eigenvalue weighted by Gasteiger charge is -2.47. The molecule has 3 fully saturated rings. The van der Waals surface area contributed by atoms with Crippen molar-refractivity contribution in [3.8, 4) is 0 Å². The Morgan fingerprint density at radius 2 is 1.79 bits per heavy atom. The molecule has 2 N–H and O–H groups in total. The third kappa shape index (κ3) is 10.4. The van der Waals surface area contributed by atoms with Gasteiger partial charge in [0.05, 0.1) is 24.4 Å². The molecule has 3 rings (SSSR count). The number of hydrogen-bond acceptors (Lipinski definition) is 11. The van der Waals surface area contributed by atoms with Gasteiger partial charge in [-0.25, -0.2) is 0 Å². The molecule has 12 nitrogen and oxygen atoms in total. The zero-order valence-electron chi connectivity index (χ0n) is 31.6. The first-order valence-corrected chi connectivity index (χ1v) is 18.1. The molecule has 278 valence electrons. The van der Waals surface area contributed by atoms with Crippen LogP contribution in [0.1, 0.15) is 74.1 Å². The Kier molecular flexibility index (Phi) is 15.3. The standard InChI is InChI=1S/C36H66N4O8/c1-22(2)18-37-19-30(41)40-14-12-27(13-15-40)29-21-46-34(44)26(6)31(42)25(5)33(36(7,45-11)17-23(3)20-39(29)10)48-35-32(43)28(38(8)9)16-24(4)47-35/h22-29,32-33,35,37,43H,12-21H2,1-11H3/t23-,24-,25+,26-,28+,29+,32-,33-,35+,36-/m1/s1. The highest BCUT2D eigenvalue weighted by Crippen LogP contribution is 2.37. The average Bonchev–Trinajstić information content (AvgIpc) is 3.03. The average molecular weight is 683 g/mol. The molecule has 0 unspecified atom stereocenters. The predicted molar refractivity (Wildman–Crippen MR) is 184 cm³/mol. The monoisotopic (exact) mass is 682 g/mol. The van der Waals surface area contributed by atoms with Crippen LogP contribution in [0.25, 0.3) is 0 Å². The minimum Gasteiger partial charge on any atom is -0.463 e. The maximum Gasteiger partial charge on any atom is 0.316 e. The van der Waals surface area contributed by atoms with Crippen LogP contribution in [0.3, 0.4) is 0 Å². The molecule has 0 radical (unpaired) electrons. The molecule has 3 aliphatic rings. The summed E-state index contributed by atoms with van der Waals surface area (Å²) < 4.78 is 24.9. The lowest BCUT2D eigenvalue weighted by molar-refractivity contribution is -0.295. The Bertz CT molecular complexity index is 1050. The fourth-order valence-corrected chi connectivity index (χ4v) is 7.98. The van der Waals surface area contributed by atoms with Crippen molar-refractivity contribution in [3.63, 3.8) is 0 Å². The maximum atomic E-state index is 14.0. The number of ketones is 1. The highest BCUT2D eigenvalue weighted by Gasteiger charge is 2.49. The number of esters is 1. The summed E-state index contributed by atoms with van der Waals surface area (Å²) in [4.78, 5) is 46.4. The van der Waals surface area contributed by atoms with Crippen molar-refractivity contribution in [2.45, 2.75) is 116 Å². The fraction of sp³-hybridized carbons (Fsp3) is 0.917. The summed E-state index contributed by atoms with van der Waals surface area (Å²) in [5.74, 6) is -1.69. The smallest absolute Gasteiger partial charge is 0.316 e. The highest BCUT2D eigenvalue weighted by atomic mass is 16.7. The van der Waals surface area contributed by atoms with Crippen LogP contribution in [-0.2, 0) is 33.3 Å². The molecule has 3 aliphatic heterocycles. The third-order valence-electron chi connectivity index (χ3n) is 10.9. The summed E-state index contributed by atoms with van der Waals surface area (Å²) in [7, 11) is 7.52. The topological polar surface area (TPSA) is 130 Å². The second-order valence-corrected chi connectivity index (χ2v) is 15.7. The van der Waals surface area contributed by atoms with Crippen molar-refractivity contribution in [1.82, 2.24) is 20.0 Å². The second kappa shape index (κ2) is 18.0. The fourth-order valence-electron chi connectivity index (χ4n) is 7.98. The van der Waals surface area contributed by atoms with Gasteiger partial charge in [-0.2, -0.15) is 0 Å². The van der Waals surface area contributed by atoms with E-state index in [4.69, 9.17) is 18.9 Å². The van der Waals surface area contributed by atoms with Gasteiger partial charge >= 0.3 is 5.97 Å². The summed E-state index contributed by atoms with van der Waals surface area (Å²) in [6, 6.07) is -0.248. The van der Waals surface area contributed by atoms with Gasteiger partial charge in [0.25, 0.3) is 0 Å². The molecule has 0 saturated carbocycles. The number of likely N-dealkylation sites (N-methyl/N-ethyl adjacent to an activating group) is 2. The first-order chi connectivity index (χ1) is 22.5. The van der Waals surface area contributed by atoms with Crippen molar-refractivity contribution in [2.24, 2.45) is 29.6 Å². The molecule has 0 aromatic heterocycles. The molecule has 48 heavy (non-hydrogen) atoms. The number of ether oxygens (including phenoxy) is 4. The van der Waals surface area contributed by atoms with Crippen LogP contribution in [0.5, 0.6) is 0 Å². The zero-order chi connectivity index (χ0) is 35.9. The first kappa shape index (κ1) is 40.8. The molecule has 0 spiro atoms. The number of aliphatic hydroxyl groups is 1. The van der Waals surface area contributed by atoms with Gasteiger partial charge in [-0.3, -0.25) is 19.3 Å². The normalized spacial score (nSPS) is 37.2. The maximum absolute atomic E-state index is 14.0. The minimum atomic E-state index is -1.01. The minimum absolute atomic E-state index is 0.0655. The number of rotatable bonds is 9. The molecule has 0 aromatic rings. The molecule has 3 saturated heterocycles. The Balaban J connectivity index is 1.82. The lowest BCUT2D eigenvalue weighted by atomic mass is 9.78. The largest absolute Gasteiger partial charge is 0.463 e. The van der Waals surface area contributed by atoms with Gasteiger partial charge in [-0.15, -0.1) is 0 Å². The number of amides is 1. The van der Waals surface area contributed by atoms with Crippen molar-refractivity contribution in [3.05, 3.63) is 0 Å². The molecule has 12 heteroatoms. The number of nitrogens with one attached hydrogen (secondary N) is 1. The van der Waals surface area contributed by atoms with Gasteiger partial charge in [0.2, 0.25) is 5.91 Å². The van der Waals surface area contributed by atoms with E-state index in [1.807, 2.05) is 37.7 Å². The number of cyclic esters (lactones) is 1. The summed E-state index contributed by atoms with van der Waals surface area (Å²) in [6.45, 7) is 17.0. The van der Waals surface area contributed by atoms with Gasteiger partial charge in [-0.05, 0) is 91.9 Å². The molecular weight excluding hydrogens is 616 g/mol. The van der Waals surface area contributed by atoms with E-state index in [0.717, 1.165) is 19.4 Å². The number of hydrogen-bond donors (Lipinski definition) is 2. The number of aliphatic hydroxyl groups excluding tert-OH is 1. The molecule has 0 aromatic carbocycles. The Morgan fingerprint density at radius 3 is 2.38 bits per heavy atom. The quantitative estimate of drug-likeness (QED) is 0.275. The molecule has 0 aliphatic carbocycles. The number of methoxy groups -OCH3 is 1. The van der Waals surface area contributed by atoms with Crippen molar-refractivity contribution >= 4 is 17.7 Å². The van der Waals surface area contributed by atoms with E-state index in [1.54, 1.807) is 21.0 Å². The van der Waals surface area contributed by atoms with Crippen LogP contribution in [0.15, 0.2) is 0 Å². The number of Topliss-reactive ketones (excluding diaryl/α,β-unsaturated/α-hetero) is 1. The van der Waals surface area contributed by atoms with Crippen molar-refractivity contribution < 1.29 is 38.4 Å². The Hall–Kier alpha value is -1.67. The van der Waals surface area contributed by atoms with E-state index in [0.29, 0.717) is 44.9 Å². The molecule has 10 atom stereocenters. The molecular formula is C36H66N4O8. The summed E-state index contributed by atoms with van der Waals surface area (Å²) in [5, 5.41) is 14.6. The van der Waals surface area contributed by atoms with Crippen molar-refractivity contribution in [2.75, 3.05) is 67.6 Å². The van der Waals surface area contributed by atoms with Crippen LogP contribution >= 0.6 is 0 Å². The molecule has 1 amide bonds. The highest BCUT2D eigenvalue weighted by molar-refractivity contribution is 6.00. The van der Waals surface area contributed by atoms with Crippen LogP contribution in [0.4, 0.5) is 0 Å². The van der Waals surface area contributed by atoms with Crippen LogP contribution in [-0.4, -0.2) is 147 Å². The van der Waals surface area contributed by atoms with Crippen LogP contribution in [0.2, 0.25) is 0 Å². The number of carbonyl (C=O) groups excluding carboxylic acids is 3. The summed E-state index contributed by atoms with van der Waals surface area (Å²) >= 11 is 0. The zero-order valence-corrected chi connectivity index (χ0v) is 31.6. The van der Waals surface area contributed by atoms with E-state index in [9.17, 15) is 19.5 Å². The lowest BCUT2D eigenvalue weighted by Crippen LogP contribution is -2.59. The van der Waals surface area contributed by atoms with Gasteiger partial charge in [-0.1, -0.05) is 27.7 Å². The third-order valence-corrected chi connectivity index (χ3v) is 10.9. The van der Waals surface area contributed by atoms with Gasteiger partial charge in [0.15, 0.2) is 12.1 Å². The summed E-state index contributed by atoms with van der Waals surface area (Å²) in [6.07, 6.45) is -0.0441. The number of likely N-dealkylation sites (tertiary alicyclic amines) is 1.